The molecule has 0 heterocycles. The molecule has 0 aromatic rings. The summed E-state index contributed by atoms with van der Waals surface area (Å²) < 4.78 is 0. The molecule has 0 fully saturated rings. The van der Waals surface area contributed by atoms with Gasteiger partial charge in [0.25, 0.3) is 0 Å². The minimum Gasteiger partial charge on any atom is -0.322 e. The van der Waals surface area contributed by atoms with E-state index in [-0.39, 0.29) is 13.3 Å². The molecule has 0 bridgehead atoms. The van der Waals surface area contributed by atoms with Gasteiger partial charge in [0.05, 0.1) is 6.04 Å². The third kappa shape index (κ3) is 4.15. The molecule has 0 rings (SSSR count). The summed E-state index contributed by atoms with van der Waals surface area (Å²) in [5.41, 5.74) is 5.45. The lowest BCUT2D eigenvalue weighted by Gasteiger charge is -2.04. The van der Waals surface area contributed by atoms with Gasteiger partial charge in [0, 0.05) is 1.43 Å². The largest absolute Gasteiger partial charge is 0.322 e. The quantitative estimate of drug-likeness (QED) is 0.625. The number of hydrogen-bond donors (Lipinski definition) is 1. The fourth-order valence-corrected chi connectivity index (χ4v) is 0.627. The lowest BCUT2D eigenvalue weighted by Crippen LogP contribution is -2.27. The van der Waals surface area contributed by atoms with Gasteiger partial charge in [-0.1, -0.05) is 19.8 Å². The van der Waals surface area contributed by atoms with Crippen LogP contribution in [-0.2, 0) is 4.79 Å². The molecule has 0 aliphatic rings. The number of carbonyl (C=O) groups excluding carboxylic acids is 1. The summed E-state index contributed by atoms with van der Waals surface area (Å²) >= 11 is 0. The molecule has 0 spiro atoms. The minimum atomic E-state index is -0.218. The highest BCUT2D eigenvalue weighted by Crippen LogP contribution is 1.97. The van der Waals surface area contributed by atoms with E-state index in [2.05, 4.69) is 6.92 Å². The molecule has 2 N–H and O–H groups in total. The zero-order chi connectivity index (χ0) is 7.28. The number of nitrogens with two attached hydrogens (primary N) is 1. The Kier molecular flexibility index (Phi) is 4.32. The van der Waals surface area contributed by atoms with Gasteiger partial charge in [0.1, 0.15) is 5.78 Å². The van der Waals surface area contributed by atoms with E-state index >= 15 is 0 Å². The maximum atomic E-state index is 10.5. The van der Waals surface area contributed by atoms with E-state index in [1.807, 2.05) is 0 Å². The molecule has 0 aliphatic carbocycles. The summed E-state index contributed by atoms with van der Waals surface area (Å²) in [6.07, 6.45) is 3.01. The normalized spacial score (nSPS) is 13.2. The van der Waals surface area contributed by atoms with Crippen molar-refractivity contribution in [2.75, 3.05) is 0 Å². The summed E-state index contributed by atoms with van der Waals surface area (Å²) in [5, 5.41) is 0. The zero-order valence-electron chi connectivity index (χ0n) is 6.18. The van der Waals surface area contributed by atoms with Gasteiger partial charge in [0.2, 0.25) is 0 Å². The van der Waals surface area contributed by atoms with Crippen LogP contribution in [0.25, 0.3) is 0 Å². The van der Waals surface area contributed by atoms with Gasteiger partial charge >= 0.3 is 0 Å². The predicted octanol–water partition coefficient (Wildman–Crippen LogP) is 1.34. The van der Waals surface area contributed by atoms with Crippen LogP contribution in [0.5, 0.6) is 0 Å². The highest BCUT2D eigenvalue weighted by Gasteiger charge is 2.05. The van der Waals surface area contributed by atoms with E-state index in [9.17, 15) is 4.79 Å². The molecule has 9 heavy (non-hydrogen) atoms. The van der Waals surface area contributed by atoms with Gasteiger partial charge in [-0.3, -0.25) is 4.79 Å². The van der Waals surface area contributed by atoms with E-state index in [0.717, 1.165) is 19.3 Å². The van der Waals surface area contributed by atoms with Crippen LogP contribution in [0.2, 0.25) is 0 Å². The summed E-state index contributed by atoms with van der Waals surface area (Å²) in [6.45, 7) is 3.63. The Morgan fingerprint density at radius 2 is 2.33 bits per heavy atom. The van der Waals surface area contributed by atoms with Crippen molar-refractivity contribution in [3.63, 3.8) is 0 Å². The topological polar surface area (TPSA) is 43.1 Å². The fourth-order valence-electron chi connectivity index (χ4n) is 0.627. The summed E-state index contributed by atoms with van der Waals surface area (Å²) in [7, 11) is 0. The molecule has 1 atom stereocenters. The molecule has 0 aromatic carbocycles. The smallest absolute Gasteiger partial charge is 0.146 e. The van der Waals surface area contributed by atoms with Crippen molar-refractivity contribution in [3.8, 4) is 0 Å². The molecule has 0 amide bonds. The first kappa shape index (κ1) is 8.63. The third-order valence-electron chi connectivity index (χ3n) is 1.39. The second-order valence-electron chi connectivity index (χ2n) is 2.36. The van der Waals surface area contributed by atoms with Crippen LogP contribution in [0.3, 0.4) is 0 Å². The Hall–Kier alpha value is -0.370. The van der Waals surface area contributed by atoms with Gasteiger partial charge < -0.3 is 5.73 Å². The molecule has 0 radical (unpaired) electrons. The van der Waals surface area contributed by atoms with Crippen LogP contribution in [0, 0.1) is 0 Å². The van der Waals surface area contributed by atoms with Crippen molar-refractivity contribution in [1.29, 1.82) is 0 Å². The van der Waals surface area contributed by atoms with Crippen LogP contribution < -0.4 is 5.73 Å². The van der Waals surface area contributed by atoms with Crippen molar-refractivity contribution in [1.82, 2.24) is 0 Å². The first-order valence-electron chi connectivity index (χ1n) is 3.44. The van der Waals surface area contributed by atoms with Crippen LogP contribution in [0.1, 0.15) is 34.5 Å². The average molecular weight is 131 g/mol. The molecule has 2 heteroatoms. The van der Waals surface area contributed by atoms with E-state index in [0.29, 0.717) is 0 Å². The number of unbranched alkanes of at least 4 members (excludes halogenated alkanes) is 1. The molecule has 0 aromatic heterocycles. The third-order valence-corrected chi connectivity index (χ3v) is 1.39. The summed E-state index contributed by atoms with van der Waals surface area (Å²) in [4.78, 5) is 10.5. The van der Waals surface area contributed by atoms with Gasteiger partial charge in [-0.05, 0) is 13.3 Å². The van der Waals surface area contributed by atoms with Crippen LogP contribution >= 0.6 is 0 Å². The molecule has 0 saturated carbocycles. The number of carbonyl (C=O) groups is 1. The van der Waals surface area contributed by atoms with Crippen molar-refractivity contribution in [3.05, 3.63) is 0 Å². The van der Waals surface area contributed by atoms with Gasteiger partial charge in [-0.25, -0.2) is 0 Å². The van der Waals surface area contributed by atoms with E-state index < -0.39 is 0 Å². The monoisotopic (exact) mass is 131 g/mol. The lowest BCUT2D eigenvalue weighted by molar-refractivity contribution is -0.118. The predicted molar refractivity (Wildman–Crippen MR) is 40.3 cm³/mol. The number of rotatable bonds is 4. The Labute approximate surface area is 57.9 Å². The number of hydrogen-bond acceptors (Lipinski definition) is 2. The molecule has 56 valence electrons. The van der Waals surface area contributed by atoms with Crippen molar-refractivity contribution in [2.24, 2.45) is 5.73 Å². The standard InChI is InChI=1S/C7H15NO.H2/c1-3-4-5-7(8)6(2)9;/h7H,3-5,8H2,1-2H3;1H/t7-;/m0./s1. The molecular weight excluding hydrogens is 114 g/mol. The van der Waals surface area contributed by atoms with Gasteiger partial charge in [-0.15, -0.1) is 0 Å². The summed E-state index contributed by atoms with van der Waals surface area (Å²) in [6, 6.07) is -0.218. The van der Waals surface area contributed by atoms with Crippen LogP contribution in [0.4, 0.5) is 0 Å². The Bertz CT molecular complexity index is 95.6. The lowest BCUT2D eigenvalue weighted by atomic mass is 10.1. The summed E-state index contributed by atoms with van der Waals surface area (Å²) in [5.74, 6) is 0.100. The molecule has 0 aliphatic heterocycles. The maximum Gasteiger partial charge on any atom is 0.146 e. The SMILES string of the molecule is CCCC[C@H](N)C(C)=O.[HH]. The van der Waals surface area contributed by atoms with Gasteiger partial charge in [-0.2, -0.15) is 0 Å². The van der Waals surface area contributed by atoms with E-state index in [1.165, 1.54) is 0 Å². The molecule has 2 nitrogen and oxygen atoms in total. The highest BCUT2D eigenvalue weighted by atomic mass is 16.1. The van der Waals surface area contributed by atoms with Crippen LogP contribution in [-0.4, -0.2) is 11.8 Å². The first-order chi connectivity index (χ1) is 4.18. The van der Waals surface area contributed by atoms with Crippen molar-refractivity contribution >= 4 is 5.78 Å². The van der Waals surface area contributed by atoms with Crippen LogP contribution in [0.15, 0.2) is 0 Å². The van der Waals surface area contributed by atoms with Crippen molar-refractivity contribution < 1.29 is 6.22 Å². The molecule has 0 unspecified atom stereocenters. The number of ketones is 1. The fraction of sp³-hybridized carbons (Fsp3) is 0.857. The average Bonchev–Trinajstić information content (AvgIpc) is 1.82. The van der Waals surface area contributed by atoms with Crippen molar-refractivity contribution in [2.45, 2.75) is 39.2 Å². The minimum absolute atomic E-state index is 0. The Morgan fingerprint density at radius 1 is 1.78 bits per heavy atom. The van der Waals surface area contributed by atoms with E-state index in [4.69, 9.17) is 5.73 Å². The number of Topliss-reactive ketones (excluding diaryl/α,β-unsaturated/α-hetero) is 1. The highest BCUT2D eigenvalue weighted by molar-refractivity contribution is 5.80. The molecule has 0 saturated heterocycles. The van der Waals surface area contributed by atoms with E-state index in [1.54, 1.807) is 6.92 Å². The second-order valence-corrected chi connectivity index (χ2v) is 2.36. The Balaban J connectivity index is 0. The maximum absolute atomic E-state index is 10.5. The molecular formula is C7H17NO. The first-order valence-corrected chi connectivity index (χ1v) is 3.44. The van der Waals surface area contributed by atoms with Gasteiger partial charge in [0.15, 0.2) is 0 Å². The second kappa shape index (κ2) is 4.50. The Morgan fingerprint density at radius 3 is 2.67 bits per heavy atom. The zero-order valence-corrected chi connectivity index (χ0v) is 6.18.